The number of halogens is 2. The average molecular weight is 406 g/mol. The second-order valence-electron chi connectivity index (χ2n) is 6.27. The zero-order valence-corrected chi connectivity index (χ0v) is 16.1. The third-order valence-electron chi connectivity index (χ3n) is 4.69. The summed E-state index contributed by atoms with van der Waals surface area (Å²) in [6, 6.07) is 8.21. The van der Waals surface area contributed by atoms with Crippen molar-refractivity contribution in [1.29, 1.82) is 0 Å². The zero-order chi connectivity index (χ0) is 16.2. The molecule has 6 heteroatoms. The summed E-state index contributed by atoms with van der Waals surface area (Å²) in [5.74, 6) is -0.157. The first kappa shape index (κ1) is 20.4. The maximum atomic E-state index is 12.2. The van der Waals surface area contributed by atoms with E-state index in [2.05, 4.69) is 33.4 Å². The standard InChI is InChI=1S/C17H25BrN2O2.ClH/c1-12(13(2)19)16(21)20-11-17(6-8-22-9-7-17)14-4-3-5-15(18)10-14;/h3-5,10,12-13H,6-9,11,19H2,1-2H3,(H,20,21);1H. The summed E-state index contributed by atoms with van der Waals surface area (Å²) in [7, 11) is 0. The SMILES string of the molecule is CC(N)C(C)C(=O)NCC1(c2cccc(Br)c2)CCOCC1.Cl. The number of nitrogens with two attached hydrogens (primary N) is 1. The fourth-order valence-corrected chi connectivity index (χ4v) is 3.20. The van der Waals surface area contributed by atoms with E-state index in [1.807, 2.05) is 26.0 Å². The van der Waals surface area contributed by atoms with Crippen LogP contribution in [0.1, 0.15) is 32.3 Å². The largest absolute Gasteiger partial charge is 0.381 e. The molecule has 0 aromatic heterocycles. The van der Waals surface area contributed by atoms with Crippen LogP contribution in [0, 0.1) is 5.92 Å². The molecule has 0 saturated carbocycles. The van der Waals surface area contributed by atoms with Crippen molar-refractivity contribution in [2.24, 2.45) is 11.7 Å². The quantitative estimate of drug-likeness (QED) is 0.791. The highest BCUT2D eigenvalue weighted by Crippen LogP contribution is 2.35. The van der Waals surface area contributed by atoms with E-state index >= 15 is 0 Å². The number of rotatable bonds is 5. The van der Waals surface area contributed by atoms with E-state index in [-0.39, 0.29) is 35.7 Å². The topological polar surface area (TPSA) is 64.4 Å². The van der Waals surface area contributed by atoms with Gasteiger partial charge in [-0.1, -0.05) is 35.0 Å². The van der Waals surface area contributed by atoms with Gasteiger partial charge in [0.15, 0.2) is 0 Å². The van der Waals surface area contributed by atoms with Crippen LogP contribution in [0.15, 0.2) is 28.7 Å². The van der Waals surface area contributed by atoms with Crippen LogP contribution in [0.3, 0.4) is 0 Å². The number of carbonyl (C=O) groups is 1. The van der Waals surface area contributed by atoms with Gasteiger partial charge in [-0.3, -0.25) is 4.79 Å². The van der Waals surface area contributed by atoms with Crippen molar-refractivity contribution in [3.05, 3.63) is 34.3 Å². The first-order valence-electron chi connectivity index (χ1n) is 7.82. The van der Waals surface area contributed by atoms with Crippen LogP contribution < -0.4 is 11.1 Å². The molecule has 1 amide bonds. The minimum atomic E-state index is -0.181. The molecule has 1 aromatic carbocycles. The molecule has 1 aromatic rings. The van der Waals surface area contributed by atoms with Crippen LogP contribution in [0.4, 0.5) is 0 Å². The van der Waals surface area contributed by atoms with Gasteiger partial charge >= 0.3 is 0 Å². The molecule has 1 aliphatic rings. The van der Waals surface area contributed by atoms with Gasteiger partial charge in [-0.05, 0) is 37.5 Å². The molecular weight excluding hydrogens is 380 g/mol. The number of hydrogen-bond acceptors (Lipinski definition) is 3. The van der Waals surface area contributed by atoms with Crippen molar-refractivity contribution in [1.82, 2.24) is 5.32 Å². The fraction of sp³-hybridized carbons (Fsp3) is 0.588. The van der Waals surface area contributed by atoms with E-state index in [1.165, 1.54) is 5.56 Å². The summed E-state index contributed by atoms with van der Waals surface area (Å²) in [6.45, 7) is 5.82. The highest BCUT2D eigenvalue weighted by molar-refractivity contribution is 9.10. The van der Waals surface area contributed by atoms with Crippen molar-refractivity contribution < 1.29 is 9.53 Å². The number of ether oxygens (including phenoxy) is 1. The number of amides is 1. The first-order chi connectivity index (χ1) is 10.4. The average Bonchev–Trinajstić information content (AvgIpc) is 2.52. The van der Waals surface area contributed by atoms with Gasteiger partial charge in [0.2, 0.25) is 5.91 Å². The van der Waals surface area contributed by atoms with E-state index in [0.29, 0.717) is 6.54 Å². The lowest BCUT2D eigenvalue weighted by atomic mass is 9.74. The highest BCUT2D eigenvalue weighted by Gasteiger charge is 2.35. The van der Waals surface area contributed by atoms with Gasteiger partial charge in [0.1, 0.15) is 0 Å². The Kier molecular flexibility index (Phi) is 8.01. The van der Waals surface area contributed by atoms with E-state index in [0.717, 1.165) is 30.5 Å². The van der Waals surface area contributed by atoms with Crippen molar-refractivity contribution >= 4 is 34.2 Å². The van der Waals surface area contributed by atoms with Crippen molar-refractivity contribution in [3.8, 4) is 0 Å². The smallest absolute Gasteiger partial charge is 0.224 e. The molecule has 0 radical (unpaired) electrons. The maximum Gasteiger partial charge on any atom is 0.224 e. The number of nitrogens with one attached hydrogen (secondary N) is 1. The van der Waals surface area contributed by atoms with Crippen LogP contribution in [0.25, 0.3) is 0 Å². The Morgan fingerprint density at radius 3 is 2.61 bits per heavy atom. The van der Waals surface area contributed by atoms with Gasteiger partial charge in [0.05, 0.1) is 0 Å². The molecule has 23 heavy (non-hydrogen) atoms. The van der Waals surface area contributed by atoms with Crippen LogP contribution in [-0.4, -0.2) is 31.7 Å². The monoisotopic (exact) mass is 404 g/mol. The molecule has 3 N–H and O–H groups in total. The van der Waals surface area contributed by atoms with Gasteiger partial charge < -0.3 is 15.8 Å². The molecule has 1 aliphatic heterocycles. The summed E-state index contributed by atoms with van der Waals surface area (Å²) >= 11 is 3.54. The molecule has 4 nitrogen and oxygen atoms in total. The zero-order valence-electron chi connectivity index (χ0n) is 13.7. The summed E-state index contributed by atoms with van der Waals surface area (Å²) in [5.41, 5.74) is 7.01. The van der Waals surface area contributed by atoms with Crippen LogP contribution in [-0.2, 0) is 14.9 Å². The molecule has 2 unspecified atom stereocenters. The second kappa shape index (κ2) is 9.02. The predicted octanol–water partition coefficient (Wildman–Crippen LogP) is 3.02. The molecule has 2 rings (SSSR count). The van der Waals surface area contributed by atoms with Crippen LogP contribution in [0.5, 0.6) is 0 Å². The molecule has 0 spiro atoms. The Bertz CT molecular complexity index is 519. The van der Waals surface area contributed by atoms with Crippen LogP contribution >= 0.6 is 28.3 Å². The lowest BCUT2D eigenvalue weighted by Gasteiger charge is -2.38. The van der Waals surface area contributed by atoms with E-state index in [4.69, 9.17) is 10.5 Å². The first-order valence-corrected chi connectivity index (χ1v) is 8.61. The molecule has 130 valence electrons. The molecule has 1 fully saturated rings. The highest BCUT2D eigenvalue weighted by atomic mass is 79.9. The Labute approximate surface area is 153 Å². The van der Waals surface area contributed by atoms with E-state index in [1.54, 1.807) is 0 Å². The van der Waals surface area contributed by atoms with Gasteiger partial charge in [0, 0.05) is 41.6 Å². The fourth-order valence-electron chi connectivity index (χ4n) is 2.80. The predicted molar refractivity (Wildman–Crippen MR) is 98.9 cm³/mol. The second-order valence-corrected chi connectivity index (χ2v) is 7.18. The molecule has 2 atom stereocenters. The normalized spacial score (nSPS) is 19.3. The lowest BCUT2D eigenvalue weighted by Crippen LogP contribution is -2.47. The molecule has 0 bridgehead atoms. The van der Waals surface area contributed by atoms with E-state index < -0.39 is 0 Å². The molecule has 1 heterocycles. The summed E-state index contributed by atoms with van der Waals surface area (Å²) in [5, 5.41) is 3.10. The molecular formula is C17H26BrClN2O2. The van der Waals surface area contributed by atoms with Crippen LogP contribution in [0.2, 0.25) is 0 Å². The Hall–Kier alpha value is -0.620. The molecule has 0 aliphatic carbocycles. The number of benzene rings is 1. The third-order valence-corrected chi connectivity index (χ3v) is 5.18. The van der Waals surface area contributed by atoms with Crippen molar-refractivity contribution in [3.63, 3.8) is 0 Å². The Balaban J connectivity index is 0.00000264. The lowest BCUT2D eigenvalue weighted by molar-refractivity contribution is -0.125. The minimum Gasteiger partial charge on any atom is -0.381 e. The van der Waals surface area contributed by atoms with Crippen molar-refractivity contribution in [2.75, 3.05) is 19.8 Å². The summed E-state index contributed by atoms with van der Waals surface area (Å²) < 4.78 is 6.59. The number of hydrogen-bond donors (Lipinski definition) is 2. The third kappa shape index (κ3) is 5.18. The van der Waals surface area contributed by atoms with E-state index in [9.17, 15) is 4.79 Å². The van der Waals surface area contributed by atoms with Gasteiger partial charge in [0.25, 0.3) is 0 Å². The minimum absolute atomic E-state index is 0. The summed E-state index contributed by atoms with van der Waals surface area (Å²) in [6.07, 6.45) is 1.83. The van der Waals surface area contributed by atoms with Gasteiger partial charge in [-0.15, -0.1) is 12.4 Å². The van der Waals surface area contributed by atoms with Gasteiger partial charge in [-0.25, -0.2) is 0 Å². The Morgan fingerprint density at radius 1 is 1.39 bits per heavy atom. The van der Waals surface area contributed by atoms with Crippen molar-refractivity contribution in [2.45, 2.75) is 38.1 Å². The Morgan fingerprint density at radius 2 is 2.04 bits per heavy atom. The molecule has 1 saturated heterocycles. The van der Waals surface area contributed by atoms with Gasteiger partial charge in [-0.2, -0.15) is 0 Å². The maximum absolute atomic E-state index is 12.2. The number of carbonyl (C=O) groups excluding carboxylic acids is 1. The summed E-state index contributed by atoms with van der Waals surface area (Å²) in [4.78, 5) is 12.2.